The monoisotopic (exact) mass is 473 g/mol. The van der Waals surface area contributed by atoms with E-state index >= 15 is 0 Å². The second-order valence-electron chi connectivity index (χ2n) is 6.65. The molecular formula is C25H17F5NOP. The van der Waals surface area contributed by atoms with Crippen LogP contribution in [-0.2, 0) is 0 Å². The molecule has 1 amide bonds. The molecule has 168 valence electrons. The molecule has 0 atom stereocenters. The number of nitrogens with two attached hydrogens (primary N) is 1. The number of hydrogen-bond acceptors (Lipinski definition) is 1. The first-order valence-corrected chi connectivity index (χ1v) is 10.9. The van der Waals surface area contributed by atoms with E-state index in [1.54, 1.807) is 0 Å². The average Bonchev–Trinajstić information content (AvgIpc) is 2.84. The fraction of sp³-hybridized carbons (Fsp3) is 0. The number of amides is 1. The van der Waals surface area contributed by atoms with Crippen molar-refractivity contribution in [2.75, 3.05) is 0 Å². The largest absolute Gasteiger partial charge is 0.365 e. The van der Waals surface area contributed by atoms with Gasteiger partial charge in [-0.05, 0) is 23.8 Å². The Morgan fingerprint density at radius 3 is 1.06 bits per heavy atom. The van der Waals surface area contributed by atoms with Gasteiger partial charge in [-0.25, -0.2) is 22.0 Å². The second-order valence-corrected chi connectivity index (χ2v) is 8.87. The summed E-state index contributed by atoms with van der Waals surface area (Å²) in [6.45, 7) is 0. The molecule has 4 aromatic rings. The molecule has 0 bridgehead atoms. The number of halogens is 5. The van der Waals surface area contributed by atoms with E-state index in [2.05, 4.69) is 96.7 Å². The number of benzene rings is 4. The van der Waals surface area contributed by atoms with Gasteiger partial charge >= 0.3 is 0 Å². The zero-order chi connectivity index (χ0) is 24.0. The van der Waals surface area contributed by atoms with Crippen molar-refractivity contribution in [3.8, 4) is 0 Å². The number of carbonyl (C=O) groups is 1. The zero-order valence-corrected chi connectivity index (χ0v) is 17.9. The molecule has 33 heavy (non-hydrogen) atoms. The maximum Gasteiger partial charge on any atom is 0.254 e. The lowest BCUT2D eigenvalue weighted by Crippen LogP contribution is -2.20. The first-order valence-electron chi connectivity index (χ1n) is 9.59. The molecule has 2 N–H and O–H groups in total. The van der Waals surface area contributed by atoms with Gasteiger partial charge in [0.05, 0.1) is 0 Å². The Hall–Kier alpha value is -3.57. The summed E-state index contributed by atoms with van der Waals surface area (Å²) >= 11 is 0. The SMILES string of the molecule is NC(=O)c1c(F)c(F)c(F)c(F)c1F.c1ccc(P(c2ccccc2)c2ccccc2)cc1. The molecule has 0 fully saturated rings. The van der Waals surface area contributed by atoms with Crippen molar-refractivity contribution in [1.29, 1.82) is 0 Å². The fourth-order valence-electron chi connectivity index (χ4n) is 3.00. The van der Waals surface area contributed by atoms with Gasteiger partial charge in [0, 0.05) is 0 Å². The molecule has 0 aliphatic carbocycles. The van der Waals surface area contributed by atoms with Gasteiger partial charge < -0.3 is 5.73 Å². The zero-order valence-electron chi connectivity index (χ0n) is 17.0. The number of rotatable bonds is 4. The molecule has 0 spiro atoms. The van der Waals surface area contributed by atoms with Crippen molar-refractivity contribution in [1.82, 2.24) is 0 Å². The van der Waals surface area contributed by atoms with Crippen LogP contribution in [0.5, 0.6) is 0 Å². The van der Waals surface area contributed by atoms with Crippen LogP contribution in [0.4, 0.5) is 22.0 Å². The highest BCUT2D eigenvalue weighted by Gasteiger charge is 2.28. The first-order chi connectivity index (χ1) is 15.8. The third-order valence-electron chi connectivity index (χ3n) is 4.50. The molecule has 0 heterocycles. The lowest BCUT2D eigenvalue weighted by Gasteiger charge is -2.18. The van der Waals surface area contributed by atoms with Crippen LogP contribution in [0.1, 0.15) is 10.4 Å². The second kappa shape index (κ2) is 10.8. The van der Waals surface area contributed by atoms with Crippen LogP contribution in [0.2, 0.25) is 0 Å². The van der Waals surface area contributed by atoms with E-state index in [9.17, 15) is 26.7 Å². The van der Waals surface area contributed by atoms with Crippen LogP contribution in [0.15, 0.2) is 91.0 Å². The third kappa shape index (κ3) is 5.44. The molecular weight excluding hydrogens is 456 g/mol. The minimum Gasteiger partial charge on any atom is -0.365 e. The number of carbonyl (C=O) groups excluding carboxylic acids is 1. The quantitative estimate of drug-likeness (QED) is 0.194. The van der Waals surface area contributed by atoms with Crippen LogP contribution in [0, 0.1) is 29.1 Å². The van der Waals surface area contributed by atoms with E-state index in [4.69, 9.17) is 0 Å². The molecule has 0 radical (unpaired) electrons. The molecule has 0 aliphatic rings. The van der Waals surface area contributed by atoms with Crippen molar-refractivity contribution in [3.63, 3.8) is 0 Å². The third-order valence-corrected chi connectivity index (χ3v) is 6.94. The van der Waals surface area contributed by atoms with E-state index in [1.165, 1.54) is 15.9 Å². The van der Waals surface area contributed by atoms with Gasteiger partial charge in [-0.1, -0.05) is 91.0 Å². The Balaban J connectivity index is 0.000000196. The van der Waals surface area contributed by atoms with E-state index in [0.29, 0.717) is 0 Å². The molecule has 8 heteroatoms. The predicted molar refractivity (Wildman–Crippen MR) is 120 cm³/mol. The Morgan fingerprint density at radius 2 is 0.788 bits per heavy atom. The smallest absolute Gasteiger partial charge is 0.254 e. The van der Waals surface area contributed by atoms with Crippen LogP contribution in [0.3, 0.4) is 0 Å². The molecule has 0 aliphatic heterocycles. The summed E-state index contributed by atoms with van der Waals surface area (Å²) in [6, 6.07) is 32.3. The highest BCUT2D eigenvalue weighted by molar-refractivity contribution is 7.79. The summed E-state index contributed by atoms with van der Waals surface area (Å²) < 4.78 is 62.4. The fourth-order valence-corrected chi connectivity index (χ4v) is 5.30. The van der Waals surface area contributed by atoms with E-state index in [-0.39, 0.29) is 0 Å². The Labute approximate surface area is 188 Å². The topological polar surface area (TPSA) is 43.1 Å². The van der Waals surface area contributed by atoms with Crippen molar-refractivity contribution in [2.45, 2.75) is 0 Å². The maximum atomic E-state index is 12.6. The van der Waals surface area contributed by atoms with Crippen molar-refractivity contribution >= 4 is 29.7 Å². The van der Waals surface area contributed by atoms with Crippen LogP contribution in [-0.4, -0.2) is 5.91 Å². The normalized spacial score (nSPS) is 10.5. The van der Waals surface area contributed by atoms with E-state index in [1.807, 2.05) is 0 Å². The summed E-state index contributed by atoms with van der Waals surface area (Å²) in [5.74, 6) is -12.9. The Morgan fingerprint density at radius 1 is 0.515 bits per heavy atom. The summed E-state index contributed by atoms with van der Waals surface area (Å²) in [4.78, 5) is 10.3. The van der Waals surface area contributed by atoms with Crippen molar-refractivity contribution in [3.05, 3.63) is 126 Å². The van der Waals surface area contributed by atoms with Crippen molar-refractivity contribution in [2.24, 2.45) is 5.73 Å². The molecule has 0 saturated carbocycles. The molecule has 0 saturated heterocycles. The molecule has 2 nitrogen and oxygen atoms in total. The van der Waals surface area contributed by atoms with Crippen LogP contribution >= 0.6 is 7.92 Å². The van der Waals surface area contributed by atoms with Gasteiger partial charge in [-0.15, -0.1) is 0 Å². The van der Waals surface area contributed by atoms with E-state index < -0.39 is 48.5 Å². The average molecular weight is 473 g/mol. The van der Waals surface area contributed by atoms with Gasteiger partial charge in [-0.3, -0.25) is 4.79 Å². The lowest BCUT2D eigenvalue weighted by molar-refractivity contribution is 0.0989. The minimum absolute atomic E-state index is 0.446. The number of primary amides is 1. The molecule has 4 aromatic carbocycles. The van der Waals surface area contributed by atoms with Gasteiger partial charge in [0.2, 0.25) is 5.82 Å². The van der Waals surface area contributed by atoms with Gasteiger partial charge in [0.15, 0.2) is 23.3 Å². The molecule has 0 aromatic heterocycles. The summed E-state index contributed by atoms with van der Waals surface area (Å²) in [5, 5.41) is 4.19. The highest BCUT2D eigenvalue weighted by atomic mass is 31.1. The number of hydrogen-bond donors (Lipinski definition) is 1. The lowest BCUT2D eigenvalue weighted by atomic mass is 10.1. The Bertz CT molecular complexity index is 1120. The summed E-state index contributed by atoms with van der Waals surface area (Å²) in [5.41, 5.74) is 2.79. The van der Waals surface area contributed by atoms with Crippen molar-refractivity contribution < 1.29 is 26.7 Å². The summed E-state index contributed by atoms with van der Waals surface area (Å²) in [7, 11) is -0.446. The highest BCUT2D eigenvalue weighted by Crippen LogP contribution is 2.32. The standard InChI is InChI=1S/C18H15P.C7H2F5NO/c1-4-10-16(11-5-1)19(17-12-6-2-7-13-17)18-14-8-3-9-15-18;8-2-1(7(13)14)3(9)5(11)6(12)4(2)10/h1-15H;(H2,13,14). The molecule has 4 rings (SSSR count). The van der Waals surface area contributed by atoms with Gasteiger partial charge in [0.1, 0.15) is 5.56 Å². The van der Waals surface area contributed by atoms with E-state index in [0.717, 1.165) is 0 Å². The minimum atomic E-state index is -2.33. The Kier molecular flexibility index (Phi) is 7.91. The van der Waals surface area contributed by atoms with Gasteiger partial charge in [-0.2, -0.15) is 0 Å². The maximum absolute atomic E-state index is 12.6. The summed E-state index contributed by atoms with van der Waals surface area (Å²) in [6.07, 6.45) is 0. The predicted octanol–water partition coefficient (Wildman–Crippen LogP) is 4.93. The van der Waals surface area contributed by atoms with Gasteiger partial charge in [0.25, 0.3) is 5.91 Å². The molecule has 0 unspecified atom stereocenters. The van der Waals surface area contributed by atoms with Crippen LogP contribution < -0.4 is 21.6 Å². The van der Waals surface area contributed by atoms with Crippen LogP contribution in [0.25, 0.3) is 0 Å². The first kappa shape index (κ1) is 24.1.